The van der Waals surface area contributed by atoms with Gasteiger partial charge in [-0.15, -0.1) is 0 Å². The molecule has 120 valence electrons. The van der Waals surface area contributed by atoms with E-state index in [4.69, 9.17) is 0 Å². The molecular formula is C16H19N5O2. The summed E-state index contributed by atoms with van der Waals surface area (Å²) >= 11 is 0. The largest absolute Gasteiger partial charge is 0.374 e. The van der Waals surface area contributed by atoms with Crippen molar-refractivity contribution in [3.63, 3.8) is 0 Å². The number of nitrogens with one attached hydrogen (secondary N) is 2. The molecule has 2 N–H and O–H groups in total. The van der Waals surface area contributed by atoms with Gasteiger partial charge in [-0.2, -0.15) is 5.10 Å². The Morgan fingerprint density at radius 2 is 2.30 bits per heavy atom. The number of hydrogen-bond donors (Lipinski definition) is 2. The third-order valence-electron chi connectivity index (χ3n) is 3.71. The summed E-state index contributed by atoms with van der Waals surface area (Å²) in [6.45, 7) is 3.35. The van der Waals surface area contributed by atoms with E-state index in [0.717, 1.165) is 11.3 Å². The van der Waals surface area contributed by atoms with Gasteiger partial charge in [0.25, 0.3) is 5.91 Å². The molecule has 0 radical (unpaired) electrons. The van der Waals surface area contributed by atoms with Crippen LogP contribution in [0.1, 0.15) is 12.5 Å². The number of rotatable bonds is 5. The second-order valence-corrected chi connectivity index (χ2v) is 5.49. The Morgan fingerprint density at radius 1 is 1.43 bits per heavy atom. The Labute approximate surface area is 134 Å². The van der Waals surface area contributed by atoms with Crippen LogP contribution in [0, 0.1) is 0 Å². The maximum atomic E-state index is 12.3. The van der Waals surface area contributed by atoms with Crippen LogP contribution < -0.4 is 10.6 Å². The Morgan fingerprint density at radius 3 is 3.00 bits per heavy atom. The summed E-state index contributed by atoms with van der Waals surface area (Å²) < 4.78 is 1.84. The van der Waals surface area contributed by atoms with E-state index in [1.54, 1.807) is 13.1 Å². The summed E-state index contributed by atoms with van der Waals surface area (Å²) in [7, 11) is 0. The van der Waals surface area contributed by atoms with E-state index < -0.39 is 6.04 Å². The minimum atomic E-state index is -0.473. The molecule has 1 aliphatic heterocycles. The Kier molecular flexibility index (Phi) is 4.27. The highest BCUT2D eigenvalue weighted by Gasteiger charge is 2.29. The fourth-order valence-corrected chi connectivity index (χ4v) is 2.57. The van der Waals surface area contributed by atoms with Crippen LogP contribution >= 0.6 is 0 Å². The maximum absolute atomic E-state index is 12.3. The number of carbonyl (C=O) groups is 2. The highest BCUT2D eigenvalue weighted by atomic mass is 16.2. The number of hydrogen-bond acceptors (Lipinski definition) is 4. The molecule has 7 heteroatoms. The molecule has 23 heavy (non-hydrogen) atoms. The van der Waals surface area contributed by atoms with Gasteiger partial charge in [0.15, 0.2) is 0 Å². The number of benzene rings is 1. The van der Waals surface area contributed by atoms with Gasteiger partial charge in [-0.25, -0.2) is 4.79 Å². The third-order valence-corrected chi connectivity index (χ3v) is 3.71. The van der Waals surface area contributed by atoms with Gasteiger partial charge in [0.05, 0.1) is 6.54 Å². The molecule has 2 aromatic rings. The first-order valence-corrected chi connectivity index (χ1v) is 7.55. The second-order valence-electron chi connectivity index (χ2n) is 5.49. The lowest BCUT2D eigenvalue weighted by molar-refractivity contribution is -0.128. The van der Waals surface area contributed by atoms with E-state index in [1.807, 2.05) is 41.2 Å². The molecule has 0 unspecified atom stereocenters. The van der Waals surface area contributed by atoms with Crippen LogP contribution in [0.25, 0.3) is 0 Å². The molecule has 1 fully saturated rings. The maximum Gasteiger partial charge on any atom is 0.324 e. The zero-order valence-electron chi connectivity index (χ0n) is 12.9. The SMILES string of the molecule is C[C@H](Nc1cccc(Cn2cccn2)c1)C(=O)N1CCNC1=O. The number of amides is 3. The lowest BCUT2D eigenvalue weighted by Crippen LogP contribution is -2.43. The van der Waals surface area contributed by atoms with Crippen molar-refractivity contribution >= 4 is 17.6 Å². The topological polar surface area (TPSA) is 79.3 Å². The molecule has 2 heterocycles. The highest BCUT2D eigenvalue weighted by molar-refractivity contribution is 5.99. The van der Waals surface area contributed by atoms with Crippen molar-refractivity contribution in [1.82, 2.24) is 20.0 Å². The van der Waals surface area contributed by atoms with Crippen LogP contribution in [0.5, 0.6) is 0 Å². The molecule has 0 saturated carbocycles. The molecule has 0 bridgehead atoms. The smallest absolute Gasteiger partial charge is 0.324 e. The summed E-state index contributed by atoms with van der Waals surface area (Å²) in [6.07, 6.45) is 3.64. The first kappa shape index (κ1) is 15.1. The monoisotopic (exact) mass is 313 g/mol. The predicted octanol–water partition coefficient (Wildman–Crippen LogP) is 1.28. The first-order chi connectivity index (χ1) is 11.1. The van der Waals surface area contributed by atoms with E-state index in [1.165, 1.54) is 4.90 Å². The molecular weight excluding hydrogens is 294 g/mol. The van der Waals surface area contributed by atoms with Gasteiger partial charge in [-0.1, -0.05) is 12.1 Å². The number of aromatic nitrogens is 2. The first-order valence-electron chi connectivity index (χ1n) is 7.55. The molecule has 1 aromatic carbocycles. The fraction of sp³-hybridized carbons (Fsp3) is 0.312. The van der Waals surface area contributed by atoms with Crippen molar-refractivity contribution < 1.29 is 9.59 Å². The van der Waals surface area contributed by atoms with E-state index >= 15 is 0 Å². The zero-order valence-corrected chi connectivity index (χ0v) is 12.9. The van der Waals surface area contributed by atoms with E-state index in [-0.39, 0.29) is 11.9 Å². The van der Waals surface area contributed by atoms with Crippen LogP contribution in [-0.2, 0) is 11.3 Å². The van der Waals surface area contributed by atoms with Crippen molar-refractivity contribution in [2.45, 2.75) is 19.5 Å². The second kappa shape index (κ2) is 6.51. The zero-order chi connectivity index (χ0) is 16.2. The Hall–Kier alpha value is -2.83. The van der Waals surface area contributed by atoms with Gasteiger partial charge in [-0.05, 0) is 30.7 Å². The molecule has 1 atom stereocenters. The average Bonchev–Trinajstić information content (AvgIpc) is 3.18. The molecule has 0 aliphatic carbocycles. The van der Waals surface area contributed by atoms with Gasteiger partial charge in [0.1, 0.15) is 6.04 Å². The van der Waals surface area contributed by atoms with Crippen LogP contribution in [0.15, 0.2) is 42.7 Å². The average molecular weight is 313 g/mol. The standard InChI is InChI=1S/C16H19N5O2/c1-12(15(22)21-9-7-17-16(21)23)19-14-5-2-4-13(10-14)11-20-8-3-6-18-20/h2-6,8,10,12,19H,7,9,11H2,1H3,(H,17,23)/t12-/m0/s1. The highest BCUT2D eigenvalue weighted by Crippen LogP contribution is 2.14. The lowest BCUT2D eigenvalue weighted by atomic mass is 10.2. The van der Waals surface area contributed by atoms with Crippen LogP contribution in [0.4, 0.5) is 10.5 Å². The molecule has 1 aliphatic rings. The van der Waals surface area contributed by atoms with Gasteiger partial charge < -0.3 is 10.6 Å². The van der Waals surface area contributed by atoms with E-state index in [2.05, 4.69) is 15.7 Å². The lowest BCUT2D eigenvalue weighted by Gasteiger charge is -2.20. The molecule has 1 aromatic heterocycles. The van der Waals surface area contributed by atoms with Crippen molar-refractivity contribution in [3.8, 4) is 0 Å². The van der Waals surface area contributed by atoms with Crippen LogP contribution in [0.2, 0.25) is 0 Å². The molecule has 3 amide bonds. The van der Waals surface area contributed by atoms with Gasteiger partial charge in [0, 0.05) is 31.2 Å². The summed E-state index contributed by atoms with van der Waals surface area (Å²) in [5, 5.41) is 9.97. The number of nitrogens with zero attached hydrogens (tertiary/aromatic N) is 3. The number of anilines is 1. The minimum absolute atomic E-state index is 0.225. The Bertz CT molecular complexity index is 698. The van der Waals surface area contributed by atoms with Crippen molar-refractivity contribution in [2.75, 3.05) is 18.4 Å². The van der Waals surface area contributed by atoms with Crippen molar-refractivity contribution in [3.05, 3.63) is 48.3 Å². The van der Waals surface area contributed by atoms with E-state index in [0.29, 0.717) is 19.6 Å². The van der Waals surface area contributed by atoms with Crippen molar-refractivity contribution in [1.29, 1.82) is 0 Å². The number of urea groups is 1. The molecule has 7 nitrogen and oxygen atoms in total. The number of imide groups is 1. The Balaban J connectivity index is 1.65. The normalized spacial score (nSPS) is 15.3. The summed E-state index contributed by atoms with van der Waals surface area (Å²) in [6, 6.07) is 8.91. The fourth-order valence-electron chi connectivity index (χ4n) is 2.57. The molecule has 3 rings (SSSR count). The minimum Gasteiger partial charge on any atom is -0.374 e. The molecule has 0 spiro atoms. The third kappa shape index (κ3) is 3.50. The quantitative estimate of drug-likeness (QED) is 0.871. The van der Waals surface area contributed by atoms with Gasteiger partial charge >= 0.3 is 6.03 Å². The predicted molar refractivity (Wildman–Crippen MR) is 86.0 cm³/mol. The van der Waals surface area contributed by atoms with Crippen LogP contribution in [-0.4, -0.2) is 45.8 Å². The summed E-state index contributed by atoms with van der Waals surface area (Å²) in [5.74, 6) is -0.225. The number of carbonyl (C=O) groups excluding carboxylic acids is 2. The van der Waals surface area contributed by atoms with Gasteiger partial charge in [-0.3, -0.25) is 14.4 Å². The van der Waals surface area contributed by atoms with Crippen LogP contribution in [0.3, 0.4) is 0 Å². The summed E-state index contributed by atoms with van der Waals surface area (Å²) in [5.41, 5.74) is 1.92. The van der Waals surface area contributed by atoms with Gasteiger partial charge in [0.2, 0.25) is 0 Å². The van der Waals surface area contributed by atoms with Crippen molar-refractivity contribution in [2.24, 2.45) is 0 Å². The molecule has 1 saturated heterocycles. The summed E-state index contributed by atoms with van der Waals surface area (Å²) in [4.78, 5) is 25.1. The van der Waals surface area contributed by atoms with E-state index in [9.17, 15) is 9.59 Å².